The molecule has 1 aliphatic rings. The molecule has 1 atom stereocenters. The van der Waals surface area contributed by atoms with Crippen LogP contribution >= 0.6 is 0 Å². The molecule has 5 aromatic rings. The van der Waals surface area contributed by atoms with Crippen LogP contribution in [0.4, 0.5) is 0 Å². The molecule has 2 aromatic heterocycles. The van der Waals surface area contributed by atoms with Crippen molar-refractivity contribution in [2.45, 2.75) is 12.1 Å². The molecule has 6 nitrogen and oxygen atoms in total. The number of fused-ring (bicyclic) bond motifs is 6. The summed E-state index contributed by atoms with van der Waals surface area (Å²) in [5, 5.41) is 11.8. The summed E-state index contributed by atoms with van der Waals surface area (Å²) in [7, 11) is 1.94. The maximum Gasteiger partial charge on any atom is 0.120 e. The first kappa shape index (κ1) is 20.2. The van der Waals surface area contributed by atoms with E-state index in [0.717, 1.165) is 44.4 Å². The van der Waals surface area contributed by atoms with E-state index >= 15 is 0 Å². The Morgan fingerprint density at radius 3 is 2.74 bits per heavy atom. The van der Waals surface area contributed by atoms with Crippen LogP contribution in [0.15, 0.2) is 85.5 Å². The highest BCUT2D eigenvalue weighted by Gasteiger charge is 2.35. The molecule has 6 heteroatoms. The van der Waals surface area contributed by atoms with E-state index in [2.05, 4.69) is 29.3 Å². The third-order valence-electron chi connectivity index (χ3n) is 6.63. The Balaban J connectivity index is 1.73. The molecule has 3 aromatic carbocycles. The molecule has 0 fully saturated rings. The van der Waals surface area contributed by atoms with Crippen molar-refractivity contribution in [3.8, 4) is 23.1 Å². The molecule has 2 N–H and O–H groups in total. The smallest absolute Gasteiger partial charge is 0.120 e. The van der Waals surface area contributed by atoms with Gasteiger partial charge in [0.1, 0.15) is 17.9 Å². The Bertz CT molecular complexity index is 1610. The second-order valence-corrected chi connectivity index (χ2v) is 8.59. The lowest BCUT2D eigenvalue weighted by molar-refractivity contribution is 0.305. The zero-order valence-electron chi connectivity index (χ0n) is 18.6. The SMILES string of the molecule is Cn1cncc1[C@@]1(N)c2ccc(C#N)c(c2)COc2cccc(c2)-c2nccc3ccc1cc23. The van der Waals surface area contributed by atoms with Crippen molar-refractivity contribution in [3.05, 3.63) is 113 Å². The summed E-state index contributed by atoms with van der Waals surface area (Å²) in [6.45, 7) is 0.247. The molecule has 0 saturated carbocycles. The number of nitrogens with zero attached hydrogens (tertiary/aromatic N) is 4. The van der Waals surface area contributed by atoms with Crippen LogP contribution in [0.2, 0.25) is 0 Å². The number of rotatable bonds is 1. The molecule has 3 heterocycles. The van der Waals surface area contributed by atoms with Crippen LogP contribution < -0.4 is 10.5 Å². The minimum Gasteiger partial charge on any atom is -0.489 e. The van der Waals surface area contributed by atoms with E-state index in [-0.39, 0.29) is 6.61 Å². The first-order valence-electron chi connectivity index (χ1n) is 11.0. The average molecular weight is 444 g/mol. The maximum absolute atomic E-state index is 9.74. The molecule has 0 spiro atoms. The lowest BCUT2D eigenvalue weighted by atomic mass is 9.79. The average Bonchev–Trinajstić information content (AvgIpc) is 3.32. The van der Waals surface area contributed by atoms with Gasteiger partial charge in [-0.3, -0.25) is 4.98 Å². The zero-order chi connectivity index (χ0) is 23.3. The summed E-state index contributed by atoms with van der Waals surface area (Å²) >= 11 is 0. The maximum atomic E-state index is 9.74. The first-order chi connectivity index (χ1) is 16.6. The quantitative estimate of drug-likeness (QED) is 0.407. The highest BCUT2D eigenvalue weighted by Crippen LogP contribution is 2.38. The van der Waals surface area contributed by atoms with Crippen LogP contribution in [0.1, 0.15) is 27.9 Å². The molecule has 6 bridgehead atoms. The van der Waals surface area contributed by atoms with Gasteiger partial charge in [0.2, 0.25) is 0 Å². The molecule has 0 unspecified atom stereocenters. The molecule has 0 aliphatic carbocycles. The molecule has 0 amide bonds. The summed E-state index contributed by atoms with van der Waals surface area (Å²) in [5.41, 5.74) is 12.1. The van der Waals surface area contributed by atoms with Crippen molar-refractivity contribution < 1.29 is 4.74 Å². The lowest BCUT2D eigenvalue weighted by Crippen LogP contribution is -2.41. The number of imidazole rings is 1. The van der Waals surface area contributed by atoms with E-state index < -0.39 is 5.54 Å². The number of aryl methyl sites for hydroxylation is 1. The molecule has 1 aliphatic heterocycles. The Hall–Kier alpha value is -4.47. The van der Waals surface area contributed by atoms with Crippen molar-refractivity contribution in [1.29, 1.82) is 5.26 Å². The van der Waals surface area contributed by atoms with Crippen LogP contribution in [-0.4, -0.2) is 14.5 Å². The topological polar surface area (TPSA) is 89.8 Å². The third-order valence-corrected chi connectivity index (χ3v) is 6.63. The number of ether oxygens (including phenoxy) is 1. The zero-order valence-corrected chi connectivity index (χ0v) is 18.6. The Kier molecular flexibility index (Phi) is 4.47. The Morgan fingerprint density at radius 1 is 1.06 bits per heavy atom. The number of pyridine rings is 1. The summed E-state index contributed by atoms with van der Waals surface area (Å²) < 4.78 is 8.08. The summed E-state index contributed by atoms with van der Waals surface area (Å²) in [6, 6.07) is 24.1. The van der Waals surface area contributed by atoms with E-state index in [1.54, 1.807) is 12.5 Å². The Labute approximate surface area is 196 Å². The number of benzene rings is 3. The van der Waals surface area contributed by atoms with Gasteiger partial charge in [0, 0.05) is 29.8 Å². The van der Waals surface area contributed by atoms with Gasteiger partial charge in [-0.15, -0.1) is 0 Å². The molecule has 164 valence electrons. The van der Waals surface area contributed by atoms with Crippen LogP contribution in [-0.2, 0) is 19.2 Å². The third kappa shape index (κ3) is 2.99. The van der Waals surface area contributed by atoms with E-state index in [1.807, 2.05) is 66.3 Å². The lowest BCUT2D eigenvalue weighted by Gasteiger charge is -2.32. The van der Waals surface area contributed by atoms with Gasteiger partial charge in [-0.05, 0) is 52.9 Å². The molecular weight excluding hydrogens is 422 g/mol. The summed E-state index contributed by atoms with van der Waals surface area (Å²) in [5.74, 6) is 0.714. The van der Waals surface area contributed by atoms with Gasteiger partial charge in [0.25, 0.3) is 0 Å². The van der Waals surface area contributed by atoms with E-state index in [9.17, 15) is 5.26 Å². The van der Waals surface area contributed by atoms with Crippen LogP contribution in [0.25, 0.3) is 22.0 Å². The van der Waals surface area contributed by atoms with E-state index in [4.69, 9.17) is 15.5 Å². The molecule has 34 heavy (non-hydrogen) atoms. The van der Waals surface area contributed by atoms with Gasteiger partial charge in [0.05, 0.1) is 35.5 Å². The van der Waals surface area contributed by atoms with Crippen molar-refractivity contribution in [2.75, 3.05) is 0 Å². The van der Waals surface area contributed by atoms with Gasteiger partial charge in [0.15, 0.2) is 0 Å². The fourth-order valence-electron chi connectivity index (χ4n) is 4.81. The first-order valence-corrected chi connectivity index (χ1v) is 11.0. The molecule has 6 rings (SSSR count). The monoisotopic (exact) mass is 443 g/mol. The summed E-state index contributed by atoms with van der Waals surface area (Å²) in [4.78, 5) is 9.07. The minimum atomic E-state index is -1.01. The van der Waals surface area contributed by atoms with Gasteiger partial charge in [-0.25, -0.2) is 4.98 Å². The van der Waals surface area contributed by atoms with Crippen molar-refractivity contribution in [2.24, 2.45) is 12.8 Å². The van der Waals surface area contributed by atoms with Gasteiger partial charge >= 0.3 is 0 Å². The van der Waals surface area contributed by atoms with E-state index in [0.29, 0.717) is 11.3 Å². The molecular formula is C28H21N5O. The van der Waals surface area contributed by atoms with Crippen molar-refractivity contribution in [1.82, 2.24) is 14.5 Å². The minimum absolute atomic E-state index is 0.247. The second kappa shape index (κ2) is 7.55. The number of aromatic nitrogens is 3. The van der Waals surface area contributed by atoms with Crippen LogP contribution in [0, 0.1) is 11.3 Å². The largest absolute Gasteiger partial charge is 0.489 e. The highest BCUT2D eigenvalue weighted by atomic mass is 16.5. The molecule has 0 saturated heterocycles. The summed E-state index contributed by atoms with van der Waals surface area (Å²) in [6.07, 6.45) is 5.37. The van der Waals surface area contributed by atoms with E-state index in [1.165, 1.54) is 0 Å². The van der Waals surface area contributed by atoms with Crippen LogP contribution in [0.3, 0.4) is 0 Å². The predicted molar refractivity (Wildman–Crippen MR) is 130 cm³/mol. The second-order valence-electron chi connectivity index (χ2n) is 8.59. The number of nitrogens with two attached hydrogens (primary N) is 1. The van der Waals surface area contributed by atoms with Crippen molar-refractivity contribution in [3.63, 3.8) is 0 Å². The number of hydrogen-bond donors (Lipinski definition) is 1. The fraction of sp³-hybridized carbons (Fsp3) is 0.107. The number of hydrogen-bond acceptors (Lipinski definition) is 5. The van der Waals surface area contributed by atoms with Gasteiger partial charge < -0.3 is 15.0 Å². The van der Waals surface area contributed by atoms with Gasteiger partial charge in [-0.2, -0.15) is 5.26 Å². The van der Waals surface area contributed by atoms with Gasteiger partial charge in [-0.1, -0.05) is 30.3 Å². The highest BCUT2D eigenvalue weighted by molar-refractivity contribution is 5.95. The Morgan fingerprint density at radius 2 is 1.91 bits per heavy atom. The predicted octanol–water partition coefficient (Wildman–Crippen LogP) is 4.65. The van der Waals surface area contributed by atoms with Crippen LogP contribution in [0.5, 0.6) is 5.75 Å². The normalized spacial score (nSPS) is 16.7. The molecule has 0 radical (unpaired) electrons. The van der Waals surface area contributed by atoms with Crippen molar-refractivity contribution >= 4 is 10.8 Å². The fourth-order valence-corrected chi connectivity index (χ4v) is 4.81. The standard InChI is InChI=1S/C28H21N5O/c1-33-17-31-15-26(33)28(30)22-8-6-20(14-29)21(11-22)16-34-24-4-2-3-19(12-24)27-25-13-23(28)7-5-18(25)9-10-32-27/h2-13,15,17H,16,30H2,1H3/t28-/m1/s1. The number of nitriles is 1.